The molecule has 0 unspecified atom stereocenters. The van der Waals surface area contributed by atoms with Crippen molar-refractivity contribution >= 4 is 17.3 Å². The molecule has 0 amide bonds. The molecule has 1 fully saturated rings. The average molecular weight is 225 g/mol. The van der Waals surface area contributed by atoms with Gasteiger partial charge in [-0.25, -0.2) is 0 Å². The van der Waals surface area contributed by atoms with E-state index >= 15 is 0 Å². The largest absolute Gasteiger partial charge is 0.460 e. The monoisotopic (exact) mass is 225 g/mol. The summed E-state index contributed by atoms with van der Waals surface area (Å²) < 4.78 is 5.26. The first-order chi connectivity index (χ1) is 7.36. The first-order valence-electron chi connectivity index (χ1n) is 5.26. The minimum absolute atomic E-state index is 0.0544. The van der Waals surface area contributed by atoms with Gasteiger partial charge in [-0.2, -0.15) is 0 Å². The predicted octanol–water partition coefficient (Wildman–Crippen LogP) is 1.79. The van der Waals surface area contributed by atoms with Gasteiger partial charge in [-0.1, -0.05) is 6.07 Å². The fraction of sp³-hybridized carbons (Fsp3) is 0.545. The number of hydrogen-bond donors (Lipinski definition) is 1. The molecule has 0 aromatic carbocycles. The van der Waals surface area contributed by atoms with Gasteiger partial charge in [-0.05, 0) is 30.8 Å². The first-order valence-corrected chi connectivity index (χ1v) is 6.14. The van der Waals surface area contributed by atoms with Crippen molar-refractivity contribution in [1.82, 2.24) is 5.32 Å². The van der Waals surface area contributed by atoms with E-state index in [2.05, 4.69) is 5.32 Å². The molecule has 15 heavy (non-hydrogen) atoms. The van der Waals surface area contributed by atoms with E-state index in [4.69, 9.17) is 4.74 Å². The van der Waals surface area contributed by atoms with Crippen LogP contribution in [0, 0.1) is 5.92 Å². The summed E-state index contributed by atoms with van der Waals surface area (Å²) in [4.78, 5) is 12.7. The SMILES string of the molecule is O=C(OCc1cccs1)[C@H]1CCCNC1. The second-order valence-electron chi connectivity index (χ2n) is 3.73. The molecule has 1 aliphatic rings. The molecule has 82 valence electrons. The molecule has 0 bridgehead atoms. The summed E-state index contributed by atoms with van der Waals surface area (Å²) in [6, 6.07) is 3.95. The molecule has 0 aliphatic carbocycles. The molecule has 1 atom stereocenters. The smallest absolute Gasteiger partial charge is 0.310 e. The maximum absolute atomic E-state index is 11.6. The Morgan fingerprint density at radius 2 is 2.60 bits per heavy atom. The van der Waals surface area contributed by atoms with Gasteiger partial charge in [-0.15, -0.1) is 11.3 Å². The molecule has 2 rings (SSSR count). The molecule has 1 aromatic heterocycles. The Morgan fingerprint density at radius 3 is 3.27 bits per heavy atom. The van der Waals surface area contributed by atoms with Gasteiger partial charge in [0.15, 0.2) is 0 Å². The summed E-state index contributed by atoms with van der Waals surface area (Å²) >= 11 is 1.62. The maximum Gasteiger partial charge on any atom is 0.310 e. The van der Waals surface area contributed by atoms with Crippen LogP contribution >= 0.6 is 11.3 Å². The fourth-order valence-corrected chi connectivity index (χ4v) is 2.32. The molecule has 4 heteroatoms. The lowest BCUT2D eigenvalue weighted by atomic mass is 10.0. The van der Waals surface area contributed by atoms with Crippen LogP contribution in [0.4, 0.5) is 0 Å². The van der Waals surface area contributed by atoms with Crippen LogP contribution in [0.15, 0.2) is 17.5 Å². The third kappa shape index (κ3) is 3.04. The highest BCUT2D eigenvalue weighted by atomic mass is 32.1. The molecule has 3 nitrogen and oxygen atoms in total. The van der Waals surface area contributed by atoms with E-state index in [1.54, 1.807) is 11.3 Å². The molecule has 1 saturated heterocycles. The minimum Gasteiger partial charge on any atom is -0.460 e. The van der Waals surface area contributed by atoms with Crippen molar-refractivity contribution in [2.24, 2.45) is 5.92 Å². The van der Waals surface area contributed by atoms with E-state index in [-0.39, 0.29) is 11.9 Å². The Kier molecular flexibility index (Phi) is 3.75. The van der Waals surface area contributed by atoms with Gasteiger partial charge in [-0.3, -0.25) is 4.79 Å². The highest BCUT2D eigenvalue weighted by Gasteiger charge is 2.22. The number of ether oxygens (including phenoxy) is 1. The van der Waals surface area contributed by atoms with E-state index in [1.807, 2.05) is 17.5 Å². The van der Waals surface area contributed by atoms with Crippen LogP contribution in [-0.2, 0) is 16.1 Å². The van der Waals surface area contributed by atoms with E-state index < -0.39 is 0 Å². The molecule has 0 saturated carbocycles. The Bertz CT molecular complexity index is 304. The molecule has 0 spiro atoms. The van der Waals surface area contributed by atoms with Gasteiger partial charge >= 0.3 is 5.97 Å². The molecule has 1 aromatic rings. The summed E-state index contributed by atoms with van der Waals surface area (Å²) in [6.07, 6.45) is 2.02. The Morgan fingerprint density at radius 1 is 1.67 bits per heavy atom. The number of rotatable bonds is 3. The average Bonchev–Trinajstić information content (AvgIpc) is 2.80. The lowest BCUT2D eigenvalue weighted by molar-refractivity contribution is -0.150. The van der Waals surface area contributed by atoms with E-state index in [0.717, 1.165) is 30.8 Å². The summed E-state index contributed by atoms with van der Waals surface area (Å²) in [5.41, 5.74) is 0. The number of nitrogens with one attached hydrogen (secondary N) is 1. The lowest BCUT2D eigenvalue weighted by Crippen LogP contribution is -2.35. The van der Waals surface area contributed by atoms with Crippen molar-refractivity contribution in [3.05, 3.63) is 22.4 Å². The van der Waals surface area contributed by atoms with Gasteiger partial charge in [0.2, 0.25) is 0 Å². The van der Waals surface area contributed by atoms with Gasteiger partial charge < -0.3 is 10.1 Å². The number of esters is 1. The normalized spacial score (nSPS) is 21.2. The topological polar surface area (TPSA) is 38.3 Å². The highest BCUT2D eigenvalue weighted by molar-refractivity contribution is 7.09. The highest BCUT2D eigenvalue weighted by Crippen LogP contribution is 2.14. The number of carbonyl (C=O) groups excluding carboxylic acids is 1. The quantitative estimate of drug-likeness (QED) is 0.797. The first kappa shape index (κ1) is 10.6. The second-order valence-corrected chi connectivity index (χ2v) is 4.76. The zero-order chi connectivity index (χ0) is 10.5. The standard InChI is InChI=1S/C11H15NO2S/c13-11(9-3-1-5-12-7-9)14-8-10-4-2-6-15-10/h2,4,6,9,12H,1,3,5,7-8H2/t9-/m0/s1. The van der Waals surface area contributed by atoms with Crippen molar-refractivity contribution < 1.29 is 9.53 Å². The number of hydrogen-bond acceptors (Lipinski definition) is 4. The summed E-state index contributed by atoms with van der Waals surface area (Å²) in [6.45, 7) is 2.21. The van der Waals surface area contributed by atoms with Crippen molar-refractivity contribution in [2.45, 2.75) is 19.4 Å². The van der Waals surface area contributed by atoms with Crippen LogP contribution in [-0.4, -0.2) is 19.1 Å². The number of piperidine rings is 1. The summed E-state index contributed by atoms with van der Waals surface area (Å²) in [7, 11) is 0. The number of thiophene rings is 1. The van der Waals surface area contributed by atoms with E-state index in [1.165, 1.54) is 0 Å². The van der Waals surface area contributed by atoms with Crippen LogP contribution in [0.5, 0.6) is 0 Å². The van der Waals surface area contributed by atoms with Crippen molar-refractivity contribution in [3.63, 3.8) is 0 Å². The predicted molar refractivity (Wildman–Crippen MR) is 59.7 cm³/mol. The van der Waals surface area contributed by atoms with Gasteiger partial charge in [0, 0.05) is 11.4 Å². The minimum atomic E-state index is -0.0596. The van der Waals surface area contributed by atoms with Crippen LogP contribution < -0.4 is 5.32 Å². The van der Waals surface area contributed by atoms with Crippen LogP contribution in [0.25, 0.3) is 0 Å². The van der Waals surface area contributed by atoms with Gasteiger partial charge in [0.05, 0.1) is 5.92 Å². The molecule has 0 radical (unpaired) electrons. The second kappa shape index (κ2) is 5.28. The molecule has 1 aliphatic heterocycles. The third-order valence-corrected chi connectivity index (χ3v) is 3.42. The van der Waals surface area contributed by atoms with E-state index in [9.17, 15) is 4.79 Å². The molecule has 2 heterocycles. The van der Waals surface area contributed by atoms with Gasteiger partial charge in [0.1, 0.15) is 6.61 Å². The van der Waals surface area contributed by atoms with Crippen molar-refractivity contribution in [1.29, 1.82) is 0 Å². The van der Waals surface area contributed by atoms with Gasteiger partial charge in [0.25, 0.3) is 0 Å². The van der Waals surface area contributed by atoms with Crippen LogP contribution in [0.2, 0.25) is 0 Å². The Hall–Kier alpha value is -0.870. The van der Waals surface area contributed by atoms with Crippen LogP contribution in [0.3, 0.4) is 0 Å². The molecular weight excluding hydrogens is 210 g/mol. The summed E-state index contributed by atoms with van der Waals surface area (Å²) in [5, 5.41) is 5.20. The Balaban J connectivity index is 1.76. The summed E-state index contributed by atoms with van der Waals surface area (Å²) in [5.74, 6) is -0.00527. The van der Waals surface area contributed by atoms with Crippen molar-refractivity contribution in [3.8, 4) is 0 Å². The maximum atomic E-state index is 11.6. The third-order valence-electron chi connectivity index (χ3n) is 2.57. The lowest BCUT2D eigenvalue weighted by Gasteiger charge is -2.20. The molecule has 1 N–H and O–H groups in total. The zero-order valence-electron chi connectivity index (χ0n) is 8.57. The molecular formula is C11H15NO2S. The van der Waals surface area contributed by atoms with E-state index in [0.29, 0.717) is 6.61 Å². The zero-order valence-corrected chi connectivity index (χ0v) is 9.39. The fourth-order valence-electron chi connectivity index (χ4n) is 1.71. The Labute approximate surface area is 93.4 Å². The van der Waals surface area contributed by atoms with Crippen molar-refractivity contribution in [2.75, 3.05) is 13.1 Å². The number of carbonyl (C=O) groups is 1. The van der Waals surface area contributed by atoms with Crippen LogP contribution in [0.1, 0.15) is 17.7 Å².